The minimum absolute atomic E-state index is 0.0311. The van der Waals surface area contributed by atoms with Gasteiger partial charge in [-0.05, 0) is 42.8 Å². The van der Waals surface area contributed by atoms with E-state index in [4.69, 9.17) is 16.3 Å². The van der Waals surface area contributed by atoms with Crippen molar-refractivity contribution in [3.05, 3.63) is 52.5 Å². The van der Waals surface area contributed by atoms with Gasteiger partial charge in [0.25, 0.3) is 0 Å². The van der Waals surface area contributed by atoms with Gasteiger partial charge >= 0.3 is 6.18 Å². The number of alkyl halides is 3. The van der Waals surface area contributed by atoms with E-state index in [0.29, 0.717) is 37.6 Å². The molecule has 1 heterocycles. The number of carbonyl (C=O) groups excluding carboxylic acids is 2. The van der Waals surface area contributed by atoms with Crippen molar-refractivity contribution in [1.29, 1.82) is 0 Å². The lowest BCUT2D eigenvalue weighted by molar-refractivity contribution is -0.137. The number of rotatable bonds is 7. The topological polar surface area (TPSA) is 73.9 Å². The van der Waals surface area contributed by atoms with Gasteiger partial charge in [0.2, 0.25) is 11.8 Å². The average molecular weight is 499 g/mol. The van der Waals surface area contributed by atoms with E-state index in [9.17, 15) is 22.8 Å². The van der Waals surface area contributed by atoms with E-state index in [1.165, 1.54) is 13.2 Å². The third-order valence-electron chi connectivity index (χ3n) is 5.38. The summed E-state index contributed by atoms with van der Waals surface area (Å²) < 4.78 is 44.3. The standard InChI is InChI=1S/C23H26ClF3N4O3/c1-15-3-6-20(34-2)19(11-15)29-22(33)14-31-9-7-30(8-10-31)13-21(32)28-16-4-5-18(24)17(12-16)23(25,26)27/h3-6,11-12H,7-10,13-14H2,1-2H3,(H,28,32)(H,29,33). The molecule has 0 atom stereocenters. The number of ether oxygens (including phenoxy) is 1. The Hall–Kier alpha value is -2.82. The van der Waals surface area contributed by atoms with Crippen LogP contribution in [0.3, 0.4) is 0 Å². The minimum atomic E-state index is -4.61. The van der Waals surface area contributed by atoms with E-state index in [2.05, 4.69) is 10.6 Å². The molecule has 0 radical (unpaired) electrons. The van der Waals surface area contributed by atoms with Gasteiger partial charge in [0, 0.05) is 31.9 Å². The van der Waals surface area contributed by atoms with Crippen molar-refractivity contribution in [3.63, 3.8) is 0 Å². The van der Waals surface area contributed by atoms with Crippen molar-refractivity contribution in [2.45, 2.75) is 13.1 Å². The molecule has 1 aliphatic rings. The second-order valence-corrected chi connectivity index (χ2v) is 8.45. The van der Waals surface area contributed by atoms with Gasteiger partial charge in [-0.15, -0.1) is 0 Å². The van der Waals surface area contributed by atoms with Crippen LogP contribution in [0.4, 0.5) is 24.5 Å². The molecule has 0 aliphatic carbocycles. The third kappa shape index (κ3) is 7.09. The van der Waals surface area contributed by atoms with Gasteiger partial charge in [-0.3, -0.25) is 19.4 Å². The SMILES string of the molecule is COc1ccc(C)cc1NC(=O)CN1CCN(CC(=O)Nc2ccc(Cl)c(C(F)(F)F)c2)CC1. The molecule has 0 unspecified atom stereocenters. The van der Waals surface area contributed by atoms with Crippen LogP contribution in [0.25, 0.3) is 0 Å². The van der Waals surface area contributed by atoms with E-state index in [0.717, 1.165) is 17.7 Å². The molecule has 0 aromatic heterocycles. The Morgan fingerprint density at radius 3 is 2.12 bits per heavy atom. The van der Waals surface area contributed by atoms with Crippen LogP contribution >= 0.6 is 11.6 Å². The largest absolute Gasteiger partial charge is 0.495 e. The number of nitrogens with one attached hydrogen (secondary N) is 2. The smallest absolute Gasteiger partial charge is 0.417 e. The van der Waals surface area contributed by atoms with Crippen LogP contribution in [0.1, 0.15) is 11.1 Å². The maximum atomic E-state index is 13.0. The van der Waals surface area contributed by atoms with Crippen LogP contribution in [0.5, 0.6) is 5.75 Å². The number of amides is 2. The summed E-state index contributed by atoms with van der Waals surface area (Å²) in [7, 11) is 1.54. The number of hydrogen-bond donors (Lipinski definition) is 2. The summed E-state index contributed by atoms with van der Waals surface area (Å²) in [6.07, 6.45) is -4.61. The number of halogens is 4. The molecule has 3 rings (SSSR count). The number of hydrogen-bond acceptors (Lipinski definition) is 5. The number of aryl methyl sites for hydroxylation is 1. The fourth-order valence-corrected chi connectivity index (χ4v) is 3.87. The second-order valence-electron chi connectivity index (χ2n) is 8.04. The highest BCUT2D eigenvalue weighted by atomic mass is 35.5. The first-order valence-corrected chi connectivity index (χ1v) is 11.0. The van der Waals surface area contributed by atoms with Crippen LogP contribution in [-0.2, 0) is 15.8 Å². The quantitative estimate of drug-likeness (QED) is 0.606. The molecule has 11 heteroatoms. The van der Waals surface area contributed by atoms with Crippen LogP contribution in [-0.4, -0.2) is 68.0 Å². The monoisotopic (exact) mass is 498 g/mol. The van der Waals surface area contributed by atoms with Crippen LogP contribution in [0, 0.1) is 6.92 Å². The minimum Gasteiger partial charge on any atom is -0.495 e. The molecule has 34 heavy (non-hydrogen) atoms. The molecule has 7 nitrogen and oxygen atoms in total. The van der Waals surface area contributed by atoms with Crippen molar-refractivity contribution < 1.29 is 27.5 Å². The molecule has 184 valence electrons. The summed E-state index contributed by atoms with van der Waals surface area (Å²) in [5, 5.41) is 4.93. The highest BCUT2D eigenvalue weighted by Gasteiger charge is 2.33. The maximum absolute atomic E-state index is 13.0. The maximum Gasteiger partial charge on any atom is 0.417 e. The Balaban J connectivity index is 1.46. The lowest BCUT2D eigenvalue weighted by atomic mass is 10.2. The van der Waals surface area contributed by atoms with E-state index >= 15 is 0 Å². The predicted molar refractivity (Wildman–Crippen MR) is 124 cm³/mol. The molecule has 2 aromatic rings. The first-order valence-electron chi connectivity index (χ1n) is 10.6. The van der Waals surface area contributed by atoms with Crippen molar-refractivity contribution >= 4 is 34.8 Å². The third-order valence-corrected chi connectivity index (χ3v) is 5.71. The summed E-state index contributed by atoms with van der Waals surface area (Å²) in [5.41, 5.74) is 0.639. The van der Waals surface area contributed by atoms with Gasteiger partial charge < -0.3 is 15.4 Å². The van der Waals surface area contributed by atoms with Crippen molar-refractivity contribution in [2.24, 2.45) is 0 Å². The molecule has 1 saturated heterocycles. The van der Waals surface area contributed by atoms with Crippen molar-refractivity contribution in [2.75, 3.05) is 57.0 Å². The summed E-state index contributed by atoms with van der Waals surface area (Å²) in [4.78, 5) is 28.6. The van der Waals surface area contributed by atoms with E-state index in [-0.39, 0.29) is 24.7 Å². The van der Waals surface area contributed by atoms with Gasteiger partial charge in [-0.1, -0.05) is 17.7 Å². The highest BCUT2D eigenvalue weighted by molar-refractivity contribution is 6.31. The zero-order valence-corrected chi connectivity index (χ0v) is 19.6. The van der Waals surface area contributed by atoms with Gasteiger partial charge in [0.05, 0.1) is 36.5 Å². The van der Waals surface area contributed by atoms with Gasteiger partial charge in [0.1, 0.15) is 5.75 Å². The molecule has 2 amide bonds. The number of nitrogens with zero attached hydrogens (tertiary/aromatic N) is 2. The molecular formula is C23H26ClF3N4O3. The lowest BCUT2D eigenvalue weighted by Crippen LogP contribution is -2.50. The normalized spacial score (nSPS) is 15.1. The number of anilines is 2. The van der Waals surface area contributed by atoms with Crippen molar-refractivity contribution in [1.82, 2.24) is 9.80 Å². The average Bonchev–Trinajstić information content (AvgIpc) is 2.76. The van der Waals surface area contributed by atoms with Crippen LogP contribution in [0.2, 0.25) is 5.02 Å². The first-order chi connectivity index (χ1) is 16.0. The Kier molecular flexibility index (Phi) is 8.40. The van der Waals surface area contributed by atoms with Gasteiger partial charge in [0.15, 0.2) is 0 Å². The zero-order chi connectivity index (χ0) is 24.9. The summed E-state index contributed by atoms with van der Waals surface area (Å²) in [5.74, 6) is -0.00990. The molecule has 2 aromatic carbocycles. The Labute approximate surface area is 200 Å². The Morgan fingerprint density at radius 2 is 1.56 bits per heavy atom. The van der Waals surface area contributed by atoms with E-state index in [1.54, 1.807) is 6.07 Å². The lowest BCUT2D eigenvalue weighted by Gasteiger charge is -2.33. The van der Waals surface area contributed by atoms with Crippen LogP contribution < -0.4 is 15.4 Å². The molecule has 0 saturated carbocycles. The molecular weight excluding hydrogens is 473 g/mol. The van der Waals surface area contributed by atoms with Gasteiger partial charge in [-0.25, -0.2) is 0 Å². The highest BCUT2D eigenvalue weighted by Crippen LogP contribution is 2.36. The number of carbonyl (C=O) groups is 2. The molecule has 1 fully saturated rings. The summed E-state index contributed by atoms with van der Waals surface area (Å²) in [6, 6.07) is 8.78. The summed E-state index contributed by atoms with van der Waals surface area (Å²) >= 11 is 5.61. The Morgan fingerprint density at radius 1 is 0.971 bits per heavy atom. The number of benzene rings is 2. The van der Waals surface area contributed by atoms with Crippen molar-refractivity contribution in [3.8, 4) is 5.75 Å². The van der Waals surface area contributed by atoms with Crippen LogP contribution in [0.15, 0.2) is 36.4 Å². The first kappa shape index (κ1) is 25.8. The number of piperazine rings is 1. The fourth-order valence-electron chi connectivity index (χ4n) is 3.64. The molecule has 0 bridgehead atoms. The second kappa shape index (κ2) is 11.1. The molecule has 2 N–H and O–H groups in total. The molecule has 1 aliphatic heterocycles. The fraction of sp³-hybridized carbons (Fsp3) is 0.391. The molecule has 0 spiro atoms. The zero-order valence-electron chi connectivity index (χ0n) is 18.8. The summed E-state index contributed by atoms with van der Waals surface area (Å²) in [6.45, 7) is 4.39. The number of methoxy groups -OCH3 is 1. The van der Waals surface area contributed by atoms with E-state index in [1.807, 2.05) is 28.9 Å². The van der Waals surface area contributed by atoms with E-state index < -0.39 is 22.7 Å². The van der Waals surface area contributed by atoms with Gasteiger partial charge in [-0.2, -0.15) is 13.2 Å². The predicted octanol–water partition coefficient (Wildman–Crippen LogP) is 3.87. The Bertz CT molecular complexity index is 1040.